The number of nitrogens with zero attached hydrogens (tertiary/aromatic N) is 2. The normalized spacial score (nSPS) is 17.9. The van der Waals surface area contributed by atoms with Crippen LogP contribution in [0.1, 0.15) is 29.1 Å². The highest BCUT2D eigenvalue weighted by Crippen LogP contribution is 2.22. The number of nitrogens with one attached hydrogen (secondary N) is 1. The fourth-order valence-electron chi connectivity index (χ4n) is 3.00. The number of aryl methyl sites for hydroxylation is 1. The largest absolute Gasteiger partial charge is 0.449 e. The van der Waals surface area contributed by atoms with E-state index in [1.54, 1.807) is 11.0 Å². The number of carbonyl (C=O) groups excluding carboxylic acids is 2. The molecule has 0 aromatic carbocycles. The van der Waals surface area contributed by atoms with Crippen LogP contribution in [0.25, 0.3) is 11.1 Å². The SMILES string of the molecule is Cc1ccc2oc(C(=O)N3CCCC(C(=O)NCCN)C3)cc2n1. The molecule has 7 heteroatoms. The summed E-state index contributed by atoms with van der Waals surface area (Å²) in [6.07, 6.45) is 1.57. The topological polar surface area (TPSA) is 101 Å². The first-order valence-corrected chi connectivity index (χ1v) is 8.22. The maximum atomic E-state index is 12.7. The van der Waals surface area contributed by atoms with Crippen molar-refractivity contribution >= 4 is 22.9 Å². The van der Waals surface area contributed by atoms with Gasteiger partial charge in [0.25, 0.3) is 5.91 Å². The summed E-state index contributed by atoms with van der Waals surface area (Å²) in [6.45, 7) is 3.79. The van der Waals surface area contributed by atoms with Crippen molar-refractivity contribution in [3.05, 3.63) is 29.7 Å². The smallest absolute Gasteiger partial charge is 0.289 e. The Morgan fingerprint density at radius 1 is 1.46 bits per heavy atom. The summed E-state index contributed by atoms with van der Waals surface area (Å²) in [6, 6.07) is 5.33. The number of piperidine rings is 1. The van der Waals surface area contributed by atoms with E-state index in [2.05, 4.69) is 10.3 Å². The van der Waals surface area contributed by atoms with Gasteiger partial charge in [-0.25, -0.2) is 4.98 Å². The number of likely N-dealkylation sites (tertiary alicyclic amines) is 1. The average molecular weight is 330 g/mol. The van der Waals surface area contributed by atoms with Gasteiger partial charge in [-0.2, -0.15) is 0 Å². The van der Waals surface area contributed by atoms with E-state index in [0.717, 1.165) is 18.5 Å². The van der Waals surface area contributed by atoms with Crippen molar-refractivity contribution in [2.45, 2.75) is 19.8 Å². The first kappa shape index (κ1) is 16.4. The van der Waals surface area contributed by atoms with E-state index in [9.17, 15) is 9.59 Å². The number of carbonyl (C=O) groups is 2. The predicted molar refractivity (Wildman–Crippen MR) is 89.4 cm³/mol. The van der Waals surface area contributed by atoms with Crippen LogP contribution in [-0.2, 0) is 4.79 Å². The monoisotopic (exact) mass is 330 g/mol. The lowest BCUT2D eigenvalue weighted by molar-refractivity contribution is -0.126. The van der Waals surface area contributed by atoms with E-state index in [0.29, 0.717) is 37.3 Å². The number of nitrogens with two attached hydrogens (primary N) is 1. The predicted octanol–water partition coefficient (Wildman–Crippen LogP) is 1.06. The molecule has 2 amide bonds. The third-order valence-electron chi connectivity index (χ3n) is 4.25. The zero-order valence-corrected chi connectivity index (χ0v) is 13.7. The van der Waals surface area contributed by atoms with Gasteiger partial charge >= 0.3 is 0 Å². The second kappa shape index (κ2) is 7.00. The molecule has 7 nitrogen and oxygen atoms in total. The Morgan fingerprint density at radius 3 is 3.08 bits per heavy atom. The zero-order chi connectivity index (χ0) is 17.1. The zero-order valence-electron chi connectivity index (χ0n) is 13.7. The molecule has 0 bridgehead atoms. The Hall–Kier alpha value is -2.41. The molecule has 1 aliphatic heterocycles. The van der Waals surface area contributed by atoms with Gasteiger partial charge in [0, 0.05) is 37.9 Å². The van der Waals surface area contributed by atoms with Crippen molar-refractivity contribution in [3.63, 3.8) is 0 Å². The van der Waals surface area contributed by atoms with Crippen LogP contribution in [0.3, 0.4) is 0 Å². The molecule has 1 atom stereocenters. The van der Waals surface area contributed by atoms with E-state index in [1.165, 1.54) is 0 Å². The third kappa shape index (κ3) is 3.41. The number of pyridine rings is 1. The molecular weight excluding hydrogens is 308 g/mol. The lowest BCUT2D eigenvalue weighted by atomic mass is 9.97. The van der Waals surface area contributed by atoms with E-state index in [4.69, 9.17) is 10.2 Å². The maximum absolute atomic E-state index is 12.7. The fourth-order valence-corrected chi connectivity index (χ4v) is 3.00. The van der Waals surface area contributed by atoms with Crippen LogP contribution in [0, 0.1) is 12.8 Å². The number of rotatable bonds is 4. The van der Waals surface area contributed by atoms with Crippen molar-refractivity contribution in [3.8, 4) is 0 Å². The number of hydrogen-bond donors (Lipinski definition) is 2. The van der Waals surface area contributed by atoms with Crippen LogP contribution in [0.5, 0.6) is 0 Å². The second-order valence-corrected chi connectivity index (χ2v) is 6.12. The van der Waals surface area contributed by atoms with Crippen LogP contribution >= 0.6 is 0 Å². The molecule has 0 radical (unpaired) electrons. The van der Waals surface area contributed by atoms with E-state index < -0.39 is 0 Å². The molecule has 1 fully saturated rings. The van der Waals surface area contributed by atoms with Gasteiger partial charge in [0.05, 0.1) is 5.92 Å². The molecule has 3 heterocycles. The van der Waals surface area contributed by atoms with Gasteiger partial charge < -0.3 is 20.4 Å². The molecule has 2 aromatic rings. The molecule has 24 heavy (non-hydrogen) atoms. The molecule has 3 rings (SSSR count). The third-order valence-corrected chi connectivity index (χ3v) is 4.25. The summed E-state index contributed by atoms with van der Waals surface area (Å²) >= 11 is 0. The van der Waals surface area contributed by atoms with Crippen molar-refractivity contribution in [1.82, 2.24) is 15.2 Å². The molecule has 128 valence electrons. The lowest BCUT2D eigenvalue weighted by Crippen LogP contribution is -2.46. The Bertz CT molecular complexity index is 755. The molecule has 1 unspecified atom stereocenters. The molecule has 0 saturated carbocycles. The number of hydrogen-bond acceptors (Lipinski definition) is 5. The Morgan fingerprint density at radius 2 is 2.29 bits per heavy atom. The van der Waals surface area contributed by atoms with E-state index in [-0.39, 0.29) is 23.5 Å². The van der Waals surface area contributed by atoms with Crippen molar-refractivity contribution in [2.24, 2.45) is 11.7 Å². The van der Waals surface area contributed by atoms with Gasteiger partial charge in [-0.1, -0.05) is 0 Å². The molecule has 3 N–H and O–H groups in total. The highest BCUT2D eigenvalue weighted by atomic mass is 16.3. The molecule has 0 spiro atoms. The summed E-state index contributed by atoms with van der Waals surface area (Å²) in [7, 11) is 0. The minimum absolute atomic E-state index is 0.0418. The average Bonchev–Trinajstić information content (AvgIpc) is 3.02. The van der Waals surface area contributed by atoms with Gasteiger partial charge in [0.1, 0.15) is 5.52 Å². The first-order chi connectivity index (χ1) is 11.6. The van der Waals surface area contributed by atoms with Gasteiger partial charge in [-0.15, -0.1) is 0 Å². The van der Waals surface area contributed by atoms with Crippen molar-refractivity contribution in [2.75, 3.05) is 26.2 Å². The van der Waals surface area contributed by atoms with Gasteiger partial charge in [0.15, 0.2) is 11.3 Å². The minimum atomic E-state index is -0.195. The molecule has 1 aliphatic rings. The van der Waals surface area contributed by atoms with E-state index >= 15 is 0 Å². The van der Waals surface area contributed by atoms with Crippen LogP contribution < -0.4 is 11.1 Å². The highest BCUT2D eigenvalue weighted by Gasteiger charge is 2.30. The summed E-state index contributed by atoms with van der Waals surface area (Å²) in [5.74, 6) is -0.160. The quantitative estimate of drug-likeness (QED) is 0.873. The fraction of sp³-hybridized carbons (Fsp3) is 0.471. The molecule has 2 aromatic heterocycles. The van der Waals surface area contributed by atoms with Crippen LogP contribution in [0.2, 0.25) is 0 Å². The van der Waals surface area contributed by atoms with Crippen LogP contribution in [-0.4, -0.2) is 47.9 Å². The number of amides is 2. The van der Waals surface area contributed by atoms with Crippen molar-refractivity contribution in [1.29, 1.82) is 0 Å². The summed E-state index contributed by atoms with van der Waals surface area (Å²) in [5.41, 5.74) is 7.55. The Labute approximate surface area is 140 Å². The van der Waals surface area contributed by atoms with Crippen LogP contribution in [0.4, 0.5) is 0 Å². The lowest BCUT2D eigenvalue weighted by Gasteiger charge is -2.31. The number of aromatic nitrogens is 1. The van der Waals surface area contributed by atoms with Gasteiger partial charge in [-0.05, 0) is 31.9 Å². The van der Waals surface area contributed by atoms with Crippen LogP contribution in [0.15, 0.2) is 22.6 Å². The summed E-state index contributed by atoms with van der Waals surface area (Å²) in [5, 5.41) is 2.79. The Balaban J connectivity index is 1.72. The van der Waals surface area contributed by atoms with Gasteiger partial charge in [0.2, 0.25) is 5.91 Å². The Kier molecular flexibility index (Phi) is 4.80. The van der Waals surface area contributed by atoms with E-state index in [1.807, 2.05) is 19.1 Å². The second-order valence-electron chi connectivity index (χ2n) is 6.12. The maximum Gasteiger partial charge on any atom is 0.289 e. The summed E-state index contributed by atoms with van der Waals surface area (Å²) < 4.78 is 5.63. The molecule has 1 saturated heterocycles. The number of furan rings is 1. The highest BCUT2D eigenvalue weighted by molar-refractivity contribution is 5.95. The standard InChI is InChI=1S/C17H22N4O3/c1-11-4-5-14-13(20-11)9-15(24-14)17(23)21-8-2-3-12(10-21)16(22)19-7-6-18/h4-5,9,12H,2-3,6-8,10,18H2,1H3,(H,19,22). The minimum Gasteiger partial charge on any atom is -0.449 e. The molecular formula is C17H22N4O3. The van der Waals surface area contributed by atoms with Gasteiger partial charge in [-0.3, -0.25) is 9.59 Å². The van der Waals surface area contributed by atoms with Crippen molar-refractivity contribution < 1.29 is 14.0 Å². The number of fused-ring (bicyclic) bond motifs is 1. The first-order valence-electron chi connectivity index (χ1n) is 8.22. The molecule has 0 aliphatic carbocycles. The summed E-state index contributed by atoms with van der Waals surface area (Å²) in [4.78, 5) is 30.8.